The van der Waals surface area contributed by atoms with Crippen LogP contribution in [0.2, 0.25) is 0 Å². The summed E-state index contributed by atoms with van der Waals surface area (Å²) in [5.41, 5.74) is -0.0520. The number of benzene rings is 1. The maximum Gasteiger partial charge on any atom is 0.338 e. The minimum atomic E-state index is -4.95. The lowest BCUT2D eigenvalue weighted by atomic mass is 10.2. The van der Waals surface area contributed by atoms with Crippen LogP contribution in [0.15, 0.2) is 23.1 Å². The minimum Gasteiger partial charge on any atom is -0.495 e. The molecule has 0 saturated heterocycles. The summed E-state index contributed by atoms with van der Waals surface area (Å²) in [5.74, 6) is -0.888. The van der Waals surface area contributed by atoms with Crippen molar-refractivity contribution in [1.29, 1.82) is 0 Å². The van der Waals surface area contributed by atoms with Crippen molar-refractivity contribution in [3.05, 3.63) is 23.8 Å². The van der Waals surface area contributed by atoms with E-state index in [1.165, 1.54) is 19.2 Å². The third-order valence-electron chi connectivity index (χ3n) is 1.94. The highest BCUT2D eigenvalue weighted by atomic mass is 32.3. The van der Waals surface area contributed by atoms with Gasteiger partial charge < -0.3 is 9.47 Å². The molecule has 0 saturated carbocycles. The van der Waals surface area contributed by atoms with Gasteiger partial charge in [-0.25, -0.2) is 4.79 Å². The number of carbonyl (C=O) groups excluding carboxylic acids is 1. The van der Waals surface area contributed by atoms with Crippen LogP contribution >= 0.6 is 0 Å². The molecular weight excluding hydrogens is 251 g/mol. The van der Waals surface area contributed by atoms with Crippen molar-refractivity contribution in [3.63, 3.8) is 0 Å². The number of hydrogen-bond acceptors (Lipinski definition) is 5. The Kier molecular flexibility index (Phi) is 4.06. The molecule has 94 valence electrons. The predicted molar refractivity (Wildman–Crippen MR) is 57.2 cm³/mol. The summed E-state index contributed by atoms with van der Waals surface area (Å²) < 4.78 is 44.0. The summed E-state index contributed by atoms with van der Waals surface area (Å²) in [7, 11) is -3.75. The van der Waals surface area contributed by atoms with E-state index in [1.54, 1.807) is 6.92 Å². The average molecular weight is 262 g/mol. The fourth-order valence-corrected chi connectivity index (χ4v) is 1.87. The van der Waals surface area contributed by atoms with Gasteiger partial charge in [0.25, 0.3) is 0 Å². The Morgan fingerprint density at radius 2 is 2.06 bits per heavy atom. The van der Waals surface area contributed by atoms with E-state index in [1.807, 2.05) is 0 Å². The van der Waals surface area contributed by atoms with Crippen molar-refractivity contribution >= 4 is 16.2 Å². The Hall–Kier alpha value is -1.63. The lowest BCUT2D eigenvalue weighted by Gasteiger charge is -2.07. The van der Waals surface area contributed by atoms with Gasteiger partial charge in [0, 0.05) is 0 Å². The largest absolute Gasteiger partial charge is 0.495 e. The van der Waals surface area contributed by atoms with E-state index in [0.717, 1.165) is 6.07 Å². The number of carbonyl (C=O) groups is 1. The van der Waals surface area contributed by atoms with Gasteiger partial charge in [0.2, 0.25) is 0 Å². The zero-order valence-electron chi connectivity index (χ0n) is 9.27. The molecule has 1 aromatic carbocycles. The number of methoxy groups -OCH3 is 1. The molecule has 0 aliphatic rings. The van der Waals surface area contributed by atoms with Crippen LogP contribution in [0.25, 0.3) is 0 Å². The number of hydrogen-bond donors (Lipinski definition) is 0. The highest BCUT2D eigenvalue weighted by Crippen LogP contribution is 2.26. The van der Waals surface area contributed by atoms with Crippen LogP contribution in [-0.2, 0) is 15.0 Å². The smallest absolute Gasteiger partial charge is 0.338 e. The fraction of sp³-hybridized carbons (Fsp3) is 0.300. The minimum absolute atomic E-state index is 0.0520. The first-order valence-electron chi connectivity index (χ1n) is 4.70. The van der Waals surface area contributed by atoms with E-state index in [-0.39, 0.29) is 17.9 Å². The van der Waals surface area contributed by atoms with Crippen LogP contribution in [0.4, 0.5) is 3.89 Å². The van der Waals surface area contributed by atoms with Gasteiger partial charge in [-0.3, -0.25) is 0 Å². The van der Waals surface area contributed by atoms with E-state index >= 15 is 0 Å². The number of ether oxygens (including phenoxy) is 2. The summed E-state index contributed by atoms with van der Waals surface area (Å²) in [6.07, 6.45) is 0. The highest BCUT2D eigenvalue weighted by molar-refractivity contribution is 7.86. The molecule has 0 aliphatic heterocycles. The van der Waals surface area contributed by atoms with Crippen molar-refractivity contribution in [2.75, 3.05) is 13.7 Å². The van der Waals surface area contributed by atoms with Gasteiger partial charge in [-0.2, -0.15) is 8.42 Å². The van der Waals surface area contributed by atoms with E-state index in [4.69, 9.17) is 4.74 Å². The van der Waals surface area contributed by atoms with Gasteiger partial charge in [-0.1, -0.05) is 0 Å². The fourth-order valence-electron chi connectivity index (χ4n) is 1.21. The normalized spacial score (nSPS) is 11.0. The Morgan fingerprint density at radius 3 is 2.53 bits per heavy atom. The van der Waals surface area contributed by atoms with Crippen LogP contribution < -0.4 is 4.74 Å². The molecule has 0 fully saturated rings. The molecule has 7 heteroatoms. The SMILES string of the molecule is CCOC(=O)c1ccc(OC)c(S(=O)(=O)F)c1. The Labute approximate surface area is 98.4 Å². The molecule has 1 rings (SSSR count). The second-order valence-electron chi connectivity index (χ2n) is 3.02. The monoisotopic (exact) mass is 262 g/mol. The van der Waals surface area contributed by atoms with Gasteiger partial charge in [0.15, 0.2) is 0 Å². The summed E-state index contributed by atoms with van der Waals surface area (Å²) in [6.45, 7) is 1.75. The zero-order chi connectivity index (χ0) is 13.1. The maximum atomic E-state index is 12.9. The lowest BCUT2D eigenvalue weighted by molar-refractivity contribution is 0.0526. The number of rotatable bonds is 4. The first-order valence-corrected chi connectivity index (χ1v) is 6.08. The molecule has 0 aromatic heterocycles. The molecule has 17 heavy (non-hydrogen) atoms. The molecule has 0 N–H and O–H groups in total. The zero-order valence-corrected chi connectivity index (χ0v) is 10.1. The van der Waals surface area contributed by atoms with Gasteiger partial charge in [0.05, 0.1) is 19.3 Å². The second-order valence-corrected chi connectivity index (χ2v) is 4.34. The predicted octanol–water partition coefficient (Wildman–Crippen LogP) is 1.53. The van der Waals surface area contributed by atoms with Gasteiger partial charge in [-0.05, 0) is 25.1 Å². The summed E-state index contributed by atoms with van der Waals surface area (Å²) >= 11 is 0. The van der Waals surface area contributed by atoms with Crippen molar-refractivity contribution in [3.8, 4) is 5.75 Å². The van der Waals surface area contributed by atoms with Gasteiger partial charge >= 0.3 is 16.2 Å². The molecule has 5 nitrogen and oxygen atoms in total. The molecule has 0 atom stereocenters. The maximum absolute atomic E-state index is 12.9. The Morgan fingerprint density at radius 1 is 1.41 bits per heavy atom. The molecule has 0 amide bonds. The second kappa shape index (κ2) is 5.13. The lowest BCUT2D eigenvalue weighted by Crippen LogP contribution is -2.06. The third-order valence-corrected chi connectivity index (χ3v) is 2.78. The van der Waals surface area contributed by atoms with E-state index in [2.05, 4.69) is 4.74 Å². The van der Waals surface area contributed by atoms with Crippen molar-refractivity contribution in [2.45, 2.75) is 11.8 Å². The van der Waals surface area contributed by atoms with E-state index in [9.17, 15) is 17.1 Å². The molecular formula is C10H11FO5S. The van der Waals surface area contributed by atoms with Crippen LogP contribution in [0.5, 0.6) is 5.75 Å². The average Bonchev–Trinajstić information content (AvgIpc) is 2.27. The number of halogens is 1. The Bertz CT molecular complexity index is 523. The number of esters is 1. The van der Waals surface area contributed by atoms with Gasteiger partial charge in [-0.15, -0.1) is 3.89 Å². The topological polar surface area (TPSA) is 69.7 Å². The molecule has 0 heterocycles. The molecule has 1 aromatic rings. The summed E-state index contributed by atoms with van der Waals surface area (Å²) in [6, 6.07) is 3.37. The molecule has 0 radical (unpaired) electrons. The first-order chi connectivity index (χ1) is 7.90. The summed E-state index contributed by atoms with van der Waals surface area (Å²) in [4.78, 5) is 10.7. The molecule has 0 spiro atoms. The van der Waals surface area contributed by atoms with Crippen LogP contribution in [0.3, 0.4) is 0 Å². The van der Waals surface area contributed by atoms with Crippen LogP contribution in [-0.4, -0.2) is 28.1 Å². The quantitative estimate of drug-likeness (QED) is 0.608. The summed E-state index contributed by atoms with van der Waals surface area (Å²) in [5, 5.41) is 0. The first kappa shape index (κ1) is 13.4. The standard InChI is InChI=1S/C10H11FO5S/c1-3-16-10(12)7-4-5-8(15-2)9(6-7)17(11,13)14/h4-6H,3H2,1-2H3. The molecule has 0 unspecified atom stereocenters. The van der Waals surface area contributed by atoms with Crippen molar-refractivity contribution in [1.82, 2.24) is 0 Å². The van der Waals surface area contributed by atoms with E-state index in [0.29, 0.717) is 0 Å². The third kappa shape index (κ3) is 3.16. The van der Waals surface area contributed by atoms with Crippen molar-refractivity contribution in [2.24, 2.45) is 0 Å². The molecule has 0 aliphatic carbocycles. The van der Waals surface area contributed by atoms with E-state index < -0.39 is 21.1 Å². The highest BCUT2D eigenvalue weighted by Gasteiger charge is 2.21. The molecule has 0 bridgehead atoms. The van der Waals surface area contributed by atoms with Crippen LogP contribution in [0, 0.1) is 0 Å². The Balaban J connectivity index is 3.28. The van der Waals surface area contributed by atoms with Gasteiger partial charge in [0.1, 0.15) is 10.6 Å². The van der Waals surface area contributed by atoms with Crippen molar-refractivity contribution < 1.29 is 26.6 Å². The van der Waals surface area contributed by atoms with Crippen LogP contribution in [0.1, 0.15) is 17.3 Å².